The zero-order valence-electron chi connectivity index (χ0n) is 18.5. The molecule has 1 aliphatic rings. The molecule has 8 heteroatoms. The molecule has 2 heterocycles. The molecule has 1 atom stereocenters. The molecule has 1 aliphatic heterocycles. The van der Waals surface area contributed by atoms with E-state index in [0.29, 0.717) is 22.0 Å². The predicted molar refractivity (Wildman–Crippen MR) is 141 cm³/mol. The number of carbonyl (C=O) groups excluding carboxylic acids is 2. The number of aromatic nitrogens is 1. The van der Waals surface area contributed by atoms with Crippen LogP contribution in [0.4, 0.5) is 5.13 Å². The third-order valence-corrected chi connectivity index (χ3v) is 7.17. The number of anilines is 1. The number of ketones is 1. The molecule has 4 aromatic rings. The summed E-state index contributed by atoms with van der Waals surface area (Å²) in [6.07, 6.45) is 3.05. The minimum atomic E-state index is -0.838. The van der Waals surface area contributed by atoms with E-state index in [-0.39, 0.29) is 5.57 Å². The summed E-state index contributed by atoms with van der Waals surface area (Å²) in [5.41, 5.74) is 2.21. The summed E-state index contributed by atoms with van der Waals surface area (Å²) >= 11 is 4.76. The molecular weight excluding hydrogens is 528 g/mol. The molecule has 1 N–H and O–H groups in total. The Morgan fingerprint density at radius 2 is 1.91 bits per heavy atom. The second-order valence-corrected chi connectivity index (χ2v) is 9.76. The Hall–Kier alpha value is -3.75. The number of halogens is 1. The molecule has 6 nitrogen and oxygen atoms in total. The average Bonchev–Trinajstić information content (AvgIpc) is 3.40. The van der Waals surface area contributed by atoms with Gasteiger partial charge in [0, 0.05) is 4.47 Å². The Morgan fingerprint density at radius 3 is 2.66 bits per heavy atom. The Balaban J connectivity index is 1.61. The van der Waals surface area contributed by atoms with Crippen LogP contribution in [0.15, 0.2) is 94.7 Å². The molecule has 0 radical (unpaired) electrons. The van der Waals surface area contributed by atoms with Crippen molar-refractivity contribution in [2.75, 3.05) is 12.0 Å². The monoisotopic (exact) mass is 546 g/mol. The van der Waals surface area contributed by atoms with E-state index in [1.165, 1.54) is 22.3 Å². The Kier molecular flexibility index (Phi) is 6.23. The van der Waals surface area contributed by atoms with Crippen molar-refractivity contribution in [1.82, 2.24) is 4.98 Å². The van der Waals surface area contributed by atoms with Crippen LogP contribution in [0.5, 0.6) is 5.75 Å². The molecule has 0 spiro atoms. The predicted octanol–water partition coefficient (Wildman–Crippen LogP) is 6.25. The van der Waals surface area contributed by atoms with Crippen LogP contribution in [-0.2, 0) is 9.59 Å². The van der Waals surface area contributed by atoms with E-state index >= 15 is 0 Å². The van der Waals surface area contributed by atoms with Gasteiger partial charge in [0.25, 0.3) is 5.91 Å². The smallest absolute Gasteiger partial charge is 0.296 e. The molecule has 0 aliphatic carbocycles. The van der Waals surface area contributed by atoms with Crippen molar-refractivity contribution < 1.29 is 19.4 Å². The SMILES string of the molecule is COc1ccc2nc(N3C(=O)C(O)=C(C(=O)C=Cc4ccccc4)C3c3cccc(Br)c3)sc2c1. The first-order valence-corrected chi connectivity index (χ1v) is 12.3. The summed E-state index contributed by atoms with van der Waals surface area (Å²) in [5.74, 6) is -1.02. The Bertz CT molecular complexity index is 1510. The third kappa shape index (κ3) is 4.38. The minimum Gasteiger partial charge on any atom is -0.503 e. The highest BCUT2D eigenvalue weighted by molar-refractivity contribution is 9.10. The summed E-state index contributed by atoms with van der Waals surface area (Å²) < 4.78 is 6.91. The first-order chi connectivity index (χ1) is 17.0. The lowest BCUT2D eigenvalue weighted by Crippen LogP contribution is -2.30. The maximum Gasteiger partial charge on any atom is 0.296 e. The highest BCUT2D eigenvalue weighted by Gasteiger charge is 2.45. The highest BCUT2D eigenvalue weighted by atomic mass is 79.9. The minimum absolute atomic E-state index is 0.0112. The number of nitrogens with zero attached hydrogens (tertiary/aromatic N) is 2. The van der Waals surface area contributed by atoms with Gasteiger partial charge in [-0.25, -0.2) is 4.98 Å². The van der Waals surface area contributed by atoms with Crippen LogP contribution in [0.25, 0.3) is 16.3 Å². The molecule has 0 saturated carbocycles. The lowest BCUT2D eigenvalue weighted by Gasteiger charge is -2.24. The number of benzene rings is 3. The number of thiazole rings is 1. The zero-order chi connectivity index (χ0) is 24.5. The zero-order valence-corrected chi connectivity index (χ0v) is 20.9. The number of aliphatic hydroxyl groups excluding tert-OH is 1. The Morgan fingerprint density at radius 1 is 1.11 bits per heavy atom. The van der Waals surface area contributed by atoms with Gasteiger partial charge in [0.15, 0.2) is 16.7 Å². The standard InChI is InChI=1S/C27H19BrN2O4S/c1-34-19-11-12-20-22(15-19)35-27(29-20)30-24(17-8-5-9-18(28)14-17)23(25(32)26(30)33)21(31)13-10-16-6-3-2-4-7-16/h2-15,24,32H,1H3. The summed E-state index contributed by atoms with van der Waals surface area (Å²) in [6, 6.07) is 21.3. The van der Waals surface area contributed by atoms with E-state index in [9.17, 15) is 14.7 Å². The maximum atomic E-state index is 13.3. The normalized spacial score (nSPS) is 16.0. The number of fused-ring (bicyclic) bond motifs is 1. The molecule has 1 amide bonds. The highest BCUT2D eigenvalue weighted by Crippen LogP contribution is 2.44. The molecule has 1 aromatic heterocycles. The van der Waals surface area contributed by atoms with Crippen LogP contribution in [0.1, 0.15) is 17.2 Å². The van der Waals surface area contributed by atoms with E-state index in [2.05, 4.69) is 20.9 Å². The molecule has 1 unspecified atom stereocenters. The molecule has 3 aromatic carbocycles. The number of amides is 1. The largest absolute Gasteiger partial charge is 0.503 e. The molecule has 35 heavy (non-hydrogen) atoms. The van der Waals surface area contributed by atoms with Crippen LogP contribution in [-0.4, -0.2) is 28.9 Å². The van der Waals surface area contributed by atoms with Gasteiger partial charge in [-0.3, -0.25) is 14.5 Å². The van der Waals surface area contributed by atoms with Gasteiger partial charge in [-0.1, -0.05) is 75.8 Å². The van der Waals surface area contributed by atoms with Crippen LogP contribution >= 0.6 is 27.3 Å². The third-order valence-electron chi connectivity index (χ3n) is 5.66. The van der Waals surface area contributed by atoms with Gasteiger partial charge in [0.1, 0.15) is 5.75 Å². The van der Waals surface area contributed by atoms with Gasteiger partial charge in [0.2, 0.25) is 0 Å². The number of carbonyl (C=O) groups is 2. The fourth-order valence-electron chi connectivity index (χ4n) is 3.99. The van der Waals surface area contributed by atoms with Gasteiger partial charge in [-0.05, 0) is 47.5 Å². The lowest BCUT2D eigenvalue weighted by atomic mass is 9.96. The van der Waals surface area contributed by atoms with Crippen molar-refractivity contribution >= 4 is 60.4 Å². The van der Waals surface area contributed by atoms with Crippen molar-refractivity contribution in [3.05, 3.63) is 106 Å². The summed E-state index contributed by atoms with van der Waals surface area (Å²) in [4.78, 5) is 32.7. The van der Waals surface area contributed by atoms with Crippen LogP contribution in [0.2, 0.25) is 0 Å². The summed E-state index contributed by atoms with van der Waals surface area (Å²) in [7, 11) is 1.58. The van der Waals surface area contributed by atoms with E-state index in [0.717, 1.165) is 14.7 Å². The number of hydrogen-bond acceptors (Lipinski definition) is 6. The average molecular weight is 547 g/mol. The first-order valence-electron chi connectivity index (χ1n) is 10.7. The van der Waals surface area contributed by atoms with Crippen LogP contribution in [0, 0.1) is 0 Å². The first kappa shape index (κ1) is 23.0. The van der Waals surface area contributed by atoms with Crippen molar-refractivity contribution in [3.63, 3.8) is 0 Å². The summed E-state index contributed by atoms with van der Waals surface area (Å²) in [5, 5.41) is 11.3. The number of methoxy groups -OCH3 is 1. The second kappa shape index (κ2) is 9.48. The lowest BCUT2D eigenvalue weighted by molar-refractivity contribution is -0.117. The second-order valence-electron chi connectivity index (χ2n) is 7.83. The number of allylic oxidation sites excluding steroid dienone is 1. The van der Waals surface area contributed by atoms with Gasteiger partial charge < -0.3 is 9.84 Å². The molecule has 0 bridgehead atoms. The van der Waals surface area contributed by atoms with E-state index in [4.69, 9.17) is 4.74 Å². The molecule has 5 rings (SSSR count). The van der Waals surface area contributed by atoms with Crippen LogP contribution < -0.4 is 9.64 Å². The molecule has 0 saturated heterocycles. The van der Waals surface area contributed by atoms with Crippen LogP contribution in [0.3, 0.4) is 0 Å². The quantitative estimate of drug-likeness (QED) is 0.289. The van der Waals surface area contributed by atoms with Gasteiger partial charge in [0.05, 0.1) is 28.9 Å². The topological polar surface area (TPSA) is 79.7 Å². The Labute approximate surface area is 213 Å². The van der Waals surface area contributed by atoms with Crippen molar-refractivity contribution in [3.8, 4) is 5.75 Å². The van der Waals surface area contributed by atoms with E-state index in [1.807, 2.05) is 66.7 Å². The van der Waals surface area contributed by atoms with Gasteiger partial charge in [-0.15, -0.1) is 0 Å². The van der Waals surface area contributed by atoms with Crippen molar-refractivity contribution in [2.45, 2.75) is 6.04 Å². The maximum absolute atomic E-state index is 13.3. The van der Waals surface area contributed by atoms with Crippen molar-refractivity contribution in [2.24, 2.45) is 0 Å². The molecule has 174 valence electrons. The van der Waals surface area contributed by atoms with Gasteiger partial charge in [-0.2, -0.15) is 0 Å². The van der Waals surface area contributed by atoms with E-state index < -0.39 is 23.5 Å². The number of rotatable bonds is 6. The van der Waals surface area contributed by atoms with Gasteiger partial charge >= 0.3 is 0 Å². The summed E-state index contributed by atoms with van der Waals surface area (Å²) in [6.45, 7) is 0. The van der Waals surface area contributed by atoms with E-state index in [1.54, 1.807) is 19.3 Å². The fourth-order valence-corrected chi connectivity index (χ4v) is 5.43. The molecule has 0 fully saturated rings. The molecular formula is C27H19BrN2O4S. The number of ether oxygens (including phenoxy) is 1. The number of hydrogen-bond donors (Lipinski definition) is 1. The fraction of sp³-hybridized carbons (Fsp3) is 0.0741. The number of aliphatic hydroxyl groups is 1. The van der Waals surface area contributed by atoms with Crippen molar-refractivity contribution in [1.29, 1.82) is 0 Å².